The first-order chi connectivity index (χ1) is 9.49. The van der Waals surface area contributed by atoms with Crippen molar-refractivity contribution in [1.29, 1.82) is 0 Å². The van der Waals surface area contributed by atoms with E-state index in [2.05, 4.69) is 0 Å². The third kappa shape index (κ3) is 2.82. The molecule has 0 radical (unpaired) electrons. The summed E-state index contributed by atoms with van der Waals surface area (Å²) in [7, 11) is 0. The molecule has 0 spiro atoms. The minimum absolute atomic E-state index is 0.0216. The van der Waals surface area contributed by atoms with Crippen LogP contribution in [0.1, 0.15) is 46.0 Å². The molecule has 1 heterocycles. The highest BCUT2D eigenvalue weighted by molar-refractivity contribution is 5.84. The molecule has 1 aliphatic heterocycles. The number of rotatable bonds is 2. The molecule has 0 bridgehead atoms. The Labute approximate surface area is 121 Å². The van der Waals surface area contributed by atoms with Gasteiger partial charge in [0, 0.05) is 38.6 Å². The second-order valence-electron chi connectivity index (χ2n) is 6.30. The first kappa shape index (κ1) is 15.3. The van der Waals surface area contributed by atoms with E-state index < -0.39 is 5.41 Å². The molecule has 5 nitrogen and oxygen atoms in total. The third-order valence-electron chi connectivity index (χ3n) is 4.96. The highest BCUT2D eigenvalue weighted by Gasteiger charge is 2.45. The smallest absolute Gasteiger partial charge is 0.230 e. The predicted octanol–water partition coefficient (Wildman–Crippen LogP) is 0.975. The van der Waals surface area contributed by atoms with Gasteiger partial charge in [0.25, 0.3) is 0 Å². The summed E-state index contributed by atoms with van der Waals surface area (Å²) in [5, 5.41) is 0. The molecule has 2 fully saturated rings. The van der Waals surface area contributed by atoms with Gasteiger partial charge in [0.1, 0.15) is 0 Å². The van der Waals surface area contributed by atoms with Crippen LogP contribution in [-0.2, 0) is 9.59 Å². The molecule has 5 heteroatoms. The lowest BCUT2D eigenvalue weighted by Crippen LogP contribution is -2.50. The second kappa shape index (κ2) is 6.12. The Balaban J connectivity index is 2.00. The topological polar surface area (TPSA) is 66.6 Å². The average molecular weight is 281 g/mol. The SMILES string of the molecule is CCC(=O)N1CCCN(C(=O)C2(C)CCCC2N)CC1. The molecule has 0 aromatic heterocycles. The van der Waals surface area contributed by atoms with Crippen LogP contribution in [0, 0.1) is 5.41 Å². The van der Waals surface area contributed by atoms with Gasteiger partial charge in [-0.2, -0.15) is 0 Å². The monoisotopic (exact) mass is 281 g/mol. The van der Waals surface area contributed by atoms with Crippen molar-refractivity contribution in [3.8, 4) is 0 Å². The van der Waals surface area contributed by atoms with Crippen LogP contribution in [0.4, 0.5) is 0 Å². The van der Waals surface area contributed by atoms with E-state index in [-0.39, 0.29) is 17.9 Å². The van der Waals surface area contributed by atoms with Crippen LogP contribution < -0.4 is 5.73 Å². The number of hydrogen-bond acceptors (Lipinski definition) is 3. The zero-order valence-electron chi connectivity index (χ0n) is 12.7. The first-order valence-corrected chi connectivity index (χ1v) is 7.81. The Kier molecular flexibility index (Phi) is 4.68. The predicted molar refractivity (Wildman–Crippen MR) is 78.0 cm³/mol. The Morgan fingerprint density at radius 1 is 1.15 bits per heavy atom. The standard InChI is InChI=1S/C15H27N3O2/c1-3-13(19)17-8-5-9-18(11-10-17)14(20)15(2)7-4-6-12(15)16/h12H,3-11,16H2,1-2H3. The van der Waals surface area contributed by atoms with Crippen molar-refractivity contribution in [2.24, 2.45) is 11.1 Å². The number of carbonyl (C=O) groups is 2. The summed E-state index contributed by atoms with van der Waals surface area (Å²) in [6.07, 6.45) is 4.27. The number of hydrogen-bond donors (Lipinski definition) is 1. The van der Waals surface area contributed by atoms with E-state index in [0.29, 0.717) is 19.5 Å². The van der Waals surface area contributed by atoms with Gasteiger partial charge in [-0.3, -0.25) is 9.59 Å². The van der Waals surface area contributed by atoms with Crippen molar-refractivity contribution in [3.63, 3.8) is 0 Å². The summed E-state index contributed by atoms with van der Waals surface area (Å²) in [6, 6.07) is -0.0216. The molecule has 1 aliphatic carbocycles. The highest BCUT2D eigenvalue weighted by Crippen LogP contribution is 2.38. The summed E-state index contributed by atoms with van der Waals surface area (Å²) in [5.41, 5.74) is 5.75. The molecule has 1 saturated carbocycles. The van der Waals surface area contributed by atoms with E-state index in [1.54, 1.807) is 0 Å². The average Bonchev–Trinajstić information content (AvgIpc) is 2.68. The maximum Gasteiger partial charge on any atom is 0.230 e. The zero-order valence-corrected chi connectivity index (χ0v) is 12.7. The molecular formula is C15H27N3O2. The summed E-state index contributed by atoms with van der Waals surface area (Å²) in [6.45, 7) is 6.70. The number of carbonyl (C=O) groups excluding carboxylic acids is 2. The molecule has 2 amide bonds. The molecule has 2 rings (SSSR count). The molecule has 2 atom stereocenters. The maximum atomic E-state index is 12.8. The molecule has 2 unspecified atom stereocenters. The molecule has 1 saturated heterocycles. The quantitative estimate of drug-likeness (QED) is 0.820. The fraction of sp³-hybridized carbons (Fsp3) is 0.867. The van der Waals surface area contributed by atoms with Crippen molar-refractivity contribution < 1.29 is 9.59 Å². The van der Waals surface area contributed by atoms with Gasteiger partial charge < -0.3 is 15.5 Å². The van der Waals surface area contributed by atoms with E-state index in [4.69, 9.17) is 5.73 Å². The Morgan fingerprint density at radius 2 is 1.80 bits per heavy atom. The fourth-order valence-electron chi connectivity index (χ4n) is 3.41. The van der Waals surface area contributed by atoms with Crippen LogP contribution in [0.2, 0.25) is 0 Å². The van der Waals surface area contributed by atoms with Gasteiger partial charge in [0.15, 0.2) is 0 Å². The van der Waals surface area contributed by atoms with Gasteiger partial charge in [-0.15, -0.1) is 0 Å². The lowest BCUT2D eigenvalue weighted by molar-refractivity contribution is -0.142. The lowest BCUT2D eigenvalue weighted by atomic mass is 9.83. The van der Waals surface area contributed by atoms with Crippen LogP contribution in [0.5, 0.6) is 0 Å². The third-order valence-corrected chi connectivity index (χ3v) is 4.96. The molecule has 20 heavy (non-hydrogen) atoms. The molecule has 2 N–H and O–H groups in total. The van der Waals surface area contributed by atoms with Gasteiger partial charge >= 0.3 is 0 Å². The van der Waals surface area contributed by atoms with Gasteiger partial charge in [-0.1, -0.05) is 13.3 Å². The Bertz CT molecular complexity index is 385. The van der Waals surface area contributed by atoms with Crippen molar-refractivity contribution in [2.75, 3.05) is 26.2 Å². The van der Waals surface area contributed by atoms with Gasteiger partial charge in [0.2, 0.25) is 11.8 Å². The molecule has 0 aromatic rings. The van der Waals surface area contributed by atoms with E-state index in [1.165, 1.54) is 0 Å². The highest BCUT2D eigenvalue weighted by atomic mass is 16.2. The van der Waals surface area contributed by atoms with E-state index >= 15 is 0 Å². The molecule has 2 aliphatic rings. The molecular weight excluding hydrogens is 254 g/mol. The van der Waals surface area contributed by atoms with Crippen molar-refractivity contribution in [3.05, 3.63) is 0 Å². The van der Waals surface area contributed by atoms with Gasteiger partial charge in [-0.25, -0.2) is 0 Å². The van der Waals surface area contributed by atoms with Crippen molar-refractivity contribution >= 4 is 11.8 Å². The van der Waals surface area contributed by atoms with Gasteiger partial charge in [0.05, 0.1) is 5.41 Å². The maximum absolute atomic E-state index is 12.8. The Morgan fingerprint density at radius 3 is 2.40 bits per heavy atom. The lowest BCUT2D eigenvalue weighted by Gasteiger charge is -2.34. The number of nitrogens with two attached hydrogens (primary N) is 1. The van der Waals surface area contributed by atoms with Crippen molar-refractivity contribution in [1.82, 2.24) is 9.80 Å². The number of amides is 2. The largest absolute Gasteiger partial charge is 0.341 e. The normalized spacial score (nSPS) is 31.2. The minimum atomic E-state index is -0.399. The Hall–Kier alpha value is -1.10. The summed E-state index contributed by atoms with van der Waals surface area (Å²) in [4.78, 5) is 28.3. The molecule has 0 aromatic carbocycles. The van der Waals surface area contributed by atoms with Crippen LogP contribution in [0.3, 0.4) is 0 Å². The number of nitrogens with zero attached hydrogens (tertiary/aromatic N) is 2. The zero-order chi connectivity index (χ0) is 14.8. The summed E-state index contributed by atoms with van der Waals surface area (Å²) < 4.78 is 0. The van der Waals surface area contributed by atoms with Crippen LogP contribution in [0.25, 0.3) is 0 Å². The van der Waals surface area contributed by atoms with Crippen molar-refractivity contribution in [2.45, 2.75) is 52.0 Å². The van der Waals surface area contributed by atoms with Gasteiger partial charge in [-0.05, 0) is 26.2 Å². The second-order valence-corrected chi connectivity index (χ2v) is 6.30. The van der Waals surface area contributed by atoms with Crippen LogP contribution in [-0.4, -0.2) is 53.8 Å². The van der Waals surface area contributed by atoms with E-state index in [1.807, 2.05) is 23.6 Å². The van der Waals surface area contributed by atoms with E-state index in [9.17, 15) is 9.59 Å². The molecule has 114 valence electrons. The van der Waals surface area contributed by atoms with Crippen LogP contribution in [0.15, 0.2) is 0 Å². The van der Waals surface area contributed by atoms with Crippen LogP contribution >= 0.6 is 0 Å². The summed E-state index contributed by atoms with van der Waals surface area (Å²) in [5.74, 6) is 0.372. The summed E-state index contributed by atoms with van der Waals surface area (Å²) >= 11 is 0. The fourth-order valence-corrected chi connectivity index (χ4v) is 3.41. The van der Waals surface area contributed by atoms with E-state index in [0.717, 1.165) is 38.8 Å². The first-order valence-electron chi connectivity index (χ1n) is 7.81. The minimum Gasteiger partial charge on any atom is -0.341 e.